The van der Waals surface area contributed by atoms with Crippen molar-refractivity contribution >= 4 is 17.5 Å². The van der Waals surface area contributed by atoms with Gasteiger partial charge in [-0.3, -0.25) is 4.79 Å². The lowest BCUT2D eigenvalue weighted by Crippen LogP contribution is -2.31. The third kappa shape index (κ3) is 3.36. The van der Waals surface area contributed by atoms with Crippen LogP contribution in [-0.4, -0.2) is 31.5 Å². The number of carbonyl (C=O) groups is 1. The molecule has 1 amide bonds. The molecule has 3 nitrogen and oxygen atoms in total. The molecule has 2 aliphatic rings. The molecule has 0 aromatic heterocycles. The average Bonchev–Trinajstić information content (AvgIpc) is 2.90. The van der Waals surface area contributed by atoms with Crippen LogP contribution in [0.1, 0.15) is 25.7 Å². The molecule has 0 aromatic rings. The number of amides is 1. The van der Waals surface area contributed by atoms with E-state index in [-0.39, 0.29) is 5.91 Å². The van der Waals surface area contributed by atoms with Crippen molar-refractivity contribution in [1.82, 2.24) is 5.32 Å². The zero-order valence-electron chi connectivity index (χ0n) is 9.58. The number of nitrogens with one attached hydrogen (secondary N) is 1. The molecule has 0 aliphatic heterocycles. The van der Waals surface area contributed by atoms with Gasteiger partial charge in [0.15, 0.2) is 0 Å². The largest absolute Gasteiger partial charge is 0.380 e. The van der Waals surface area contributed by atoms with Gasteiger partial charge in [0.05, 0.1) is 6.61 Å². The quantitative estimate of drug-likeness (QED) is 0.549. The monoisotopic (exact) mass is 245 g/mol. The maximum Gasteiger partial charge on any atom is 0.223 e. The first-order valence-corrected chi connectivity index (χ1v) is 6.76. The van der Waals surface area contributed by atoms with Gasteiger partial charge in [-0.15, -0.1) is 11.6 Å². The molecule has 1 N–H and O–H groups in total. The van der Waals surface area contributed by atoms with E-state index in [4.69, 9.17) is 16.3 Å². The number of ether oxygens (including phenoxy) is 1. The molecule has 2 aliphatic carbocycles. The molecule has 2 fully saturated rings. The molecule has 2 unspecified atom stereocenters. The second kappa shape index (κ2) is 5.87. The Bertz CT molecular complexity index is 237. The van der Waals surface area contributed by atoms with Gasteiger partial charge in [0.1, 0.15) is 0 Å². The Morgan fingerprint density at radius 1 is 1.25 bits per heavy atom. The summed E-state index contributed by atoms with van der Waals surface area (Å²) in [6.07, 6.45) is 4.50. The summed E-state index contributed by atoms with van der Waals surface area (Å²) in [5.74, 6) is 2.85. The van der Waals surface area contributed by atoms with E-state index in [0.29, 0.717) is 25.0 Å². The first-order chi connectivity index (χ1) is 7.81. The van der Waals surface area contributed by atoms with Crippen molar-refractivity contribution in [3.8, 4) is 0 Å². The van der Waals surface area contributed by atoms with E-state index in [2.05, 4.69) is 5.32 Å². The van der Waals surface area contributed by atoms with Crippen LogP contribution in [0.15, 0.2) is 0 Å². The Morgan fingerprint density at radius 3 is 2.69 bits per heavy atom. The molecule has 0 heterocycles. The van der Waals surface area contributed by atoms with Gasteiger partial charge in [-0.25, -0.2) is 0 Å². The fraction of sp³-hybridized carbons (Fsp3) is 0.917. The molecule has 2 saturated carbocycles. The number of hydrogen-bond donors (Lipinski definition) is 1. The molecule has 0 radical (unpaired) electrons. The number of carbonyl (C=O) groups excluding carboxylic acids is 1. The van der Waals surface area contributed by atoms with Crippen LogP contribution in [0.3, 0.4) is 0 Å². The lowest BCUT2D eigenvalue weighted by Gasteiger charge is -2.12. The summed E-state index contributed by atoms with van der Waals surface area (Å²) < 4.78 is 5.23. The number of halogens is 1. The van der Waals surface area contributed by atoms with Crippen LogP contribution >= 0.6 is 11.6 Å². The van der Waals surface area contributed by atoms with E-state index in [1.807, 2.05) is 0 Å². The Hall–Kier alpha value is -0.280. The number of rotatable bonds is 7. The Balaban J connectivity index is 1.48. The number of alkyl halides is 1. The third-order valence-electron chi connectivity index (χ3n) is 3.60. The minimum absolute atomic E-state index is 0.254. The average molecular weight is 246 g/mol. The predicted molar refractivity (Wildman–Crippen MR) is 63.5 cm³/mol. The Labute approximate surface area is 102 Å². The van der Waals surface area contributed by atoms with Crippen molar-refractivity contribution < 1.29 is 9.53 Å². The van der Waals surface area contributed by atoms with Gasteiger partial charge in [0.2, 0.25) is 5.91 Å². The fourth-order valence-corrected chi connectivity index (χ4v) is 2.72. The van der Waals surface area contributed by atoms with Crippen LogP contribution in [0.4, 0.5) is 0 Å². The first kappa shape index (κ1) is 12.2. The molecule has 0 spiro atoms. The zero-order chi connectivity index (χ0) is 11.4. The molecule has 0 bridgehead atoms. The van der Waals surface area contributed by atoms with Crippen LogP contribution < -0.4 is 5.32 Å². The van der Waals surface area contributed by atoms with Gasteiger partial charge >= 0.3 is 0 Å². The highest BCUT2D eigenvalue weighted by Crippen LogP contribution is 2.54. The SMILES string of the molecule is O=C(NCCCOCCCl)C1CC2CC2C1. The summed E-state index contributed by atoms with van der Waals surface area (Å²) in [6, 6.07) is 0. The van der Waals surface area contributed by atoms with Gasteiger partial charge in [0, 0.05) is 24.9 Å². The molecular formula is C12H20ClNO2. The summed E-state index contributed by atoms with van der Waals surface area (Å²) in [5.41, 5.74) is 0. The van der Waals surface area contributed by atoms with Crippen molar-refractivity contribution in [2.24, 2.45) is 17.8 Å². The summed E-state index contributed by atoms with van der Waals surface area (Å²) in [7, 11) is 0. The van der Waals surface area contributed by atoms with Crippen molar-refractivity contribution in [3.05, 3.63) is 0 Å². The maximum atomic E-state index is 11.7. The molecular weight excluding hydrogens is 226 g/mol. The van der Waals surface area contributed by atoms with Gasteiger partial charge in [-0.1, -0.05) is 0 Å². The van der Waals surface area contributed by atoms with Gasteiger partial charge in [-0.2, -0.15) is 0 Å². The zero-order valence-corrected chi connectivity index (χ0v) is 10.3. The minimum atomic E-state index is 0.254. The van der Waals surface area contributed by atoms with Crippen LogP contribution in [0.2, 0.25) is 0 Å². The molecule has 2 rings (SSSR count). The smallest absolute Gasteiger partial charge is 0.223 e. The van der Waals surface area contributed by atoms with E-state index in [1.54, 1.807) is 0 Å². The maximum absolute atomic E-state index is 11.7. The molecule has 16 heavy (non-hydrogen) atoms. The molecule has 92 valence electrons. The van der Waals surface area contributed by atoms with Crippen molar-refractivity contribution in [1.29, 1.82) is 0 Å². The van der Waals surface area contributed by atoms with E-state index >= 15 is 0 Å². The summed E-state index contributed by atoms with van der Waals surface area (Å²) >= 11 is 5.47. The first-order valence-electron chi connectivity index (χ1n) is 6.22. The van der Waals surface area contributed by atoms with Crippen LogP contribution in [0.5, 0.6) is 0 Å². The highest BCUT2D eigenvalue weighted by molar-refractivity contribution is 6.17. The van der Waals surface area contributed by atoms with Gasteiger partial charge in [0.25, 0.3) is 0 Å². The standard InChI is InChI=1S/C12H20ClNO2/c13-2-5-16-4-1-3-14-12(15)11-7-9-6-10(9)8-11/h9-11H,1-8H2,(H,14,15). The van der Waals surface area contributed by atoms with Gasteiger partial charge in [-0.05, 0) is 37.5 Å². The van der Waals surface area contributed by atoms with Crippen LogP contribution in [0, 0.1) is 17.8 Å². The Kier molecular flexibility index (Phi) is 4.47. The highest BCUT2D eigenvalue weighted by Gasteiger charge is 2.47. The third-order valence-corrected chi connectivity index (χ3v) is 3.75. The number of fused-ring (bicyclic) bond motifs is 1. The molecule has 4 heteroatoms. The second-order valence-electron chi connectivity index (χ2n) is 4.87. The summed E-state index contributed by atoms with van der Waals surface area (Å²) in [6.45, 7) is 2.01. The van der Waals surface area contributed by atoms with Crippen molar-refractivity contribution in [2.45, 2.75) is 25.7 Å². The summed E-state index contributed by atoms with van der Waals surface area (Å²) in [5, 5.41) is 2.99. The van der Waals surface area contributed by atoms with Crippen molar-refractivity contribution in [2.75, 3.05) is 25.6 Å². The van der Waals surface area contributed by atoms with Crippen molar-refractivity contribution in [3.63, 3.8) is 0 Å². The second-order valence-corrected chi connectivity index (χ2v) is 5.25. The van der Waals surface area contributed by atoms with E-state index in [9.17, 15) is 4.79 Å². The molecule has 0 saturated heterocycles. The number of hydrogen-bond acceptors (Lipinski definition) is 2. The predicted octanol–water partition coefficient (Wildman–Crippen LogP) is 1.79. The lowest BCUT2D eigenvalue weighted by atomic mass is 10.0. The summed E-state index contributed by atoms with van der Waals surface area (Å²) in [4.78, 5) is 11.7. The Morgan fingerprint density at radius 2 is 2.00 bits per heavy atom. The van der Waals surface area contributed by atoms with E-state index in [1.165, 1.54) is 6.42 Å². The molecule has 2 atom stereocenters. The van der Waals surface area contributed by atoms with Crippen LogP contribution in [-0.2, 0) is 9.53 Å². The highest BCUT2D eigenvalue weighted by atomic mass is 35.5. The normalized spacial score (nSPS) is 31.2. The van der Waals surface area contributed by atoms with E-state index < -0.39 is 0 Å². The fourth-order valence-electron chi connectivity index (χ4n) is 2.62. The van der Waals surface area contributed by atoms with Gasteiger partial charge < -0.3 is 10.1 Å². The van der Waals surface area contributed by atoms with Crippen LogP contribution in [0.25, 0.3) is 0 Å². The lowest BCUT2D eigenvalue weighted by molar-refractivity contribution is -0.125. The minimum Gasteiger partial charge on any atom is -0.380 e. The topological polar surface area (TPSA) is 38.3 Å². The molecule has 0 aromatic carbocycles. The van der Waals surface area contributed by atoms with E-state index in [0.717, 1.165) is 37.6 Å².